The molecule has 0 aliphatic heterocycles. The van der Waals surface area contributed by atoms with Crippen LogP contribution in [0.2, 0.25) is 5.02 Å². The van der Waals surface area contributed by atoms with Crippen LogP contribution < -0.4 is 0 Å². The largest absolute Gasteiger partial charge is 0.481 e. The van der Waals surface area contributed by atoms with Crippen LogP contribution in [0, 0.1) is 5.41 Å². The number of ketones is 1. The molecule has 6 heteroatoms. The first kappa shape index (κ1) is 29.7. The summed E-state index contributed by atoms with van der Waals surface area (Å²) >= 11 is 7.68. The van der Waals surface area contributed by atoms with Crippen molar-refractivity contribution < 1.29 is 14.7 Å². The Hall–Kier alpha value is -2.89. The number of carboxylic acid groups (broad SMARTS) is 1. The van der Waals surface area contributed by atoms with Crippen molar-refractivity contribution in [3.63, 3.8) is 0 Å². The molecule has 0 bridgehead atoms. The van der Waals surface area contributed by atoms with Crippen LogP contribution >= 0.6 is 23.4 Å². The molecule has 3 aromatic carbocycles. The van der Waals surface area contributed by atoms with Crippen LogP contribution in [0.3, 0.4) is 0 Å². The standard InChI is InChI=1S/C30H32ClNOS.C2H4O2/c1-3-17-30(18-4-2)26-9-6-5-8-24(26)25-16-11-21(20-27(25)30)29(33)28(32)10-7-19-34-23-14-12-22(31)13-15-23;1-2(3)4/h5-6,8-9,11-16,20,32H,3-4,7,10,17-19H2,1-2H3;1H3,(H,3,4). The quantitative estimate of drug-likeness (QED) is 0.108. The first-order valence-corrected chi connectivity index (χ1v) is 14.5. The fourth-order valence-electron chi connectivity index (χ4n) is 5.37. The van der Waals surface area contributed by atoms with E-state index >= 15 is 0 Å². The molecule has 0 saturated heterocycles. The lowest BCUT2D eigenvalue weighted by molar-refractivity contribution is -0.134. The molecule has 1 aliphatic carbocycles. The minimum Gasteiger partial charge on any atom is -0.481 e. The van der Waals surface area contributed by atoms with Crippen molar-refractivity contribution in [1.82, 2.24) is 0 Å². The van der Waals surface area contributed by atoms with E-state index in [0.717, 1.165) is 54.7 Å². The van der Waals surface area contributed by atoms with Gasteiger partial charge in [-0.25, -0.2) is 0 Å². The van der Waals surface area contributed by atoms with E-state index in [9.17, 15) is 4.79 Å². The number of halogens is 1. The molecule has 0 fully saturated rings. The van der Waals surface area contributed by atoms with Crippen LogP contribution in [0.1, 0.15) is 80.8 Å². The Labute approximate surface area is 235 Å². The minimum absolute atomic E-state index is 0.0386. The Morgan fingerprint density at radius 1 is 0.921 bits per heavy atom. The van der Waals surface area contributed by atoms with Crippen LogP contribution in [0.5, 0.6) is 0 Å². The van der Waals surface area contributed by atoms with Gasteiger partial charge in [0.05, 0.1) is 5.71 Å². The Balaban J connectivity index is 0.000000934. The van der Waals surface area contributed by atoms with Gasteiger partial charge in [-0.2, -0.15) is 0 Å². The Morgan fingerprint density at radius 3 is 2.16 bits per heavy atom. The first-order chi connectivity index (χ1) is 18.2. The lowest BCUT2D eigenvalue weighted by atomic mass is 9.71. The van der Waals surface area contributed by atoms with Gasteiger partial charge in [-0.1, -0.05) is 74.7 Å². The van der Waals surface area contributed by atoms with E-state index in [-0.39, 0.29) is 16.9 Å². The topological polar surface area (TPSA) is 78.2 Å². The molecule has 0 heterocycles. The zero-order valence-electron chi connectivity index (χ0n) is 22.4. The number of Topliss-reactive ketones (excluding diaryl/α,β-unsaturated/α-hetero) is 1. The highest BCUT2D eigenvalue weighted by Crippen LogP contribution is 2.53. The summed E-state index contributed by atoms with van der Waals surface area (Å²) in [5.41, 5.74) is 6.03. The summed E-state index contributed by atoms with van der Waals surface area (Å²) in [6, 6.07) is 22.6. The highest BCUT2D eigenvalue weighted by atomic mass is 35.5. The van der Waals surface area contributed by atoms with Crippen molar-refractivity contribution in [2.75, 3.05) is 5.75 Å². The number of carbonyl (C=O) groups excluding carboxylic acids is 1. The smallest absolute Gasteiger partial charge is 0.300 e. The molecule has 0 radical (unpaired) electrons. The molecule has 38 heavy (non-hydrogen) atoms. The van der Waals surface area contributed by atoms with Crippen LogP contribution in [0.15, 0.2) is 71.6 Å². The highest BCUT2D eigenvalue weighted by molar-refractivity contribution is 7.99. The maximum atomic E-state index is 13.2. The van der Waals surface area contributed by atoms with E-state index in [2.05, 4.69) is 50.2 Å². The SMILES string of the molecule is CC(=O)O.CCCC1(CCC)c2ccccc2-c2ccc(C(=O)C(=N)CCCSc3ccc(Cl)cc3)cc21. The van der Waals surface area contributed by atoms with Gasteiger partial charge < -0.3 is 10.5 Å². The molecule has 4 rings (SSSR count). The van der Waals surface area contributed by atoms with E-state index < -0.39 is 5.97 Å². The average molecular weight is 550 g/mol. The van der Waals surface area contributed by atoms with Crippen LogP contribution in [-0.2, 0) is 10.2 Å². The van der Waals surface area contributed by atoms with Crippen molar-refractivity contribution in [1.29, 1.82) is 5.41 Å². The van der Waals surface area contributed by atoms with E-state index in [1.165, 1.54) is 22.3 Å². The molecule has 200 valence electrons. The molecule has 3 aromatic rings. The van der Waals surface area contributed by atoms with Gasteiger partial charge in [0.25, 0.3) is 5.97 Å². The van der Waals surface area contributed by atoms with Gasteiger partial charge in [-0.3, -0.25) is 9.59 Å². The molecule has 0 amide bonds. The summed E-state index contributed by atoms with van der Waals surface area (Å²) in [5.74, 6) is -0.107. The fraction of sp³-hybridized carbons (Fsp3) is 0.344. The molecule has 2 N–H and O–H groups in total. The summed E-state index contributed by atoms with van der Waals surface area (Å²) in [5, 5.41) is 16.6. The molecule has 0 atom stereocenters. The monoisotopic (exact) mass is 549 g/mol. The third kappa shape index (κ3) is 6.95. The number of fused-ring (bicyclic) bond motifs is 3. The zero-order valence-corrected chi connectivity index (χ0v) is 23.9. The average Bonchev–Trinajstić information content (AvgIpc) is 3.16. The van der Waals surface area contributed by atoms with Crippen molar-refractivity contribution in [3.05, 3.63) is 88.4 Å². The van der Waals surface area contributed by atoms with Crippen molar-refractivity contribution in [2.45, 2.75) is 69.6 Å². The lowest BCUT2D eigenvalue weighted by Gasteiger charge is -2.32. The first-order valence-electron chi connectivity index (χ1n) is 13.2. The van der Waals surface area contributed by atoms with Gasteiger partial charge in [0, 0.05) is 27.8 Å². The highest BCUT2D eigenvalue weighted by Gasteiger charge is 2.41. The summed E-state index contributed by atoms with van der Waals surface area (Å²) < 4.78 is 0. The summed E-state index contributed by atoms with van der Waals surface area (Å²) in [6.07, 6.45) is 5.61. The van der Waals surface area contributed by atoms with E-state index in [1.807, 2.05) is 30.3 Å². The van der Waals surface area contributed by atoms with Gasteiger partial charge in [0.2, 0.25) is 5.78 Å². The van der Waals surface area contributed by atoms with Crippen LogP contribution in [0.25, 0.3) is 11.1 Å². The van der Waals surface area contributed by atoms with Gasteiger partial charge in [0.1, 0.15) is 0 Å². The van der Waals surface area contributed by atoms with Crippen molar-refractivity contribution >= 4 is 40.8 Å². The summed E-state index contributed by atoms with van der Waals surface area (Å²) in [7, 11) is 0. The van der Waals surface area contributed by atoms with Gasteiger partial charge >= 0.3 is 0 Å². The molecule has 0 spiro atoms. The van der Waals surface area contributed by atoms with Gasteiger partial charge in [0.15, 0.2) is 0 Å². The normalized spacial score (nSPS) is 12.6. The molecule has 1 aliphatic rings. The maximum absolute atomic E-state index is 13.2. The second kappa shape index (κ2) is 13.8. The predicted octanol–water partition coefficient (Wildman–Crippen LogP) is 9.07. The number of hydrogen-bond donors (Lipinski definition) is 2. The molecule has 0 saturated carbocycles. The Kier molecular flexibility index (Phi) is 10.7. The summed E-state index contributed by atoms with van der Waals surface area (Å²) in [4.78, 5) is 23.4. The van der Waals surface area contributed by atoms with Crippen molar-refractivity contribution in [3.8, 4) is 11.1 Å². The number of thioether (sulfide) groups is 1. The molecular weight excluding hydrogens is 514 g/mol. The number of carboxylic acids is 1. The second-order valence-corrected chi connectivity index (χ2v) is 11.2. The van der Waals surface area contributed by atoms with Gasteiger partial charge in [-0.05, 0) is 84.0 Å². The number of carbonyl (C=O) groups is 2. The predicted molar refractivity (Wildman–Crippen MR) is 159 cm³/mol. The Bertz CT molecular complexity index is 1280. The molecular formula is C32H36ClNO3S. The maximum Gasteiger partial charge on any atom is 0.300 e. The minimum atomic E-state index is -0.833. The number of rotatable bonds is 11. The third-order valence-corrected chi connectivity index (χ3v) is 8.16. The van der Waals surface area contributed by atoms with Crippen molar-refractivity contribution in [2.24, 2.45) is 0 Å². The molecule has 0 aromatic heterocycles. The fourth-order valence-corrected chi connectivity index (χ4v) is 6.35. The third-order valence-electron chi connectivity index (χ3n) is 6.81. The lowest BCUT2D eigenvalue weighted by Crippen LogP contribution is -2.25. The van der Waals surface area contributed by atoms with Crippen LogP contribution in [-0.4, -0.2) is 28.3 Å². The van der Waals surface area contributed by atoms with E-state index in [4.69, 9.17) is 26.9 Å². The zero-order chi connectivity index (χ0) is 27.7. The number of nitrogens with one attached hydrogen (secondary N) is 1. The van der Waals surface area contributed by atoms with E-state index in [1.54, 1.807) is 11.8 Å². The molecule has 4 nitrogen and oxygen atoms in total. The van der Waals surface area contributed by atoms with Gasteiger partial charge in [-0.15, -0.1) is 11.8 Å². The number of benzene rings is 3. The molecule has 0 unspecified atom stereocenters. The number of aliphatic carboxylic acids is 1. The Morgan fingerprint density at radius 2 is 1.53 bits per heavy atom. The number of hydrogen-bond acceptors (Lipinski definition) is 4. The van der Waals surface area contributed by atoms with Crippen LogP contribution in [0.4, 0.5) is 0 Å². The van der Waals surface area contributed by atoms with E-state index in [0.29, 0.717) is 12.0 Å². The second-order valence-electron chi connectivity index (χ2n) is 9.62. The summed E-state index contributed by atoms with van der Waals surface area (Å²) in [6.45, 7) is 5.56.